The van der Waals surface area contributed by atoms with Crippen LogP contribution in [-0.2, 0) is 0 Å². The van der Waals surface area contributed by atoms with Gasteiger partial charge in [-0.1, -0.05) is 19.9 Å². The predicted octanol–water partition coefficient (Wildman–Crippen LogP) is 2.51. The van der Waals surface area contributed by atoms with Crippen molar-refractivity contribution in [1.82, 2.24) is 4.98 Å². The standard InChI is InChI=1S/C9H13N/c1-7(2)9-5-4-8(3)10-6-9/h4-7H,1-3H3/i7D. The first-order valence-electron chi connectivity index (χ1n) is 3.93. The zero-order valence-corrected chi connectivity index (χ0v) is 6.68. The maximum Gasteiger partial charge on any atom is 0.0372 e. The Balaban J connectivity index is 2.99. The van der Waals surface area contributed by atoms with Crippen molar-refractivity contribution >= 4 is 0 Å². The number of aryl methyl sites for hydroxylation is 1. The van der Waals surface area contributed by atoms with Crippen molar-refractivity contribution in [1.29, 1.82) is 0 Å². The van der Waals surface area contributed by atoms with Gasteiger partial charge in [-0.2, -0.15) is 0 Å². The van der Waals surface area contributed by atoms with Gasteiger partial charge in [-0.25, -0.2) is 0 Å². The Morgan fingerprint density at radius 3 is 2.60 bits per heavy atom. The van der Waals surface area contributed by atoms with Crippen LogP contribution in [0.2, 0.25) is 0 Å². The second-order valence-corrected chi connectivity index (χ2v) is 2.69. The van der Waals surface area contributed by atoms with Gasteiger partial charge in [0.15, 0.2) is 0 Å². The normalized spacial score (nSPS) is 12.9. The van der Waals surface area contributed by atoms with Gasteiger partial charge < -0.3 is 0 Å². The third kappa shape index (κ3) is 1.56. The number of hydrogen-bond acceptors (Lipinski definition) is 1. The lowest BCUT2D eigenvalue weighted by atomic mass is 10.1. The molecule has 0 amide bonds. The van der Waals surface area contributed by atoms with E-state index in [0.717, 1.165) is 11.3 Å². The maximum absolute atomic E-state index is 7.70. The number of pyridine rings is 1. The van der Waals surface area contributed by atoms with Crippen molar-refractivity contribution in [2.45, 2.75) is 26.7 Å². The highest BCUT2D eigenvalue weighted by Crippen LogP contribution is 2.11. The van der Waals surface area contributed by atoms with Gasteiger partial charge in [0.2, 0.25) is 0 Å². The number of nitrogens with zero attached hydrogens (tertiary/aromatic N) is 1. The Morgan fingerprint density at radius 2 is 2.20 bits per heavy atom. The van der Waals surface area contributed by atoms with Crippen molar-refractivity contribution < 1.29 is 1.37 Å². The SMILES string of the molecule is [2H]C(C)(C)c1ccc(C)nc1. The topological polar surface area (TPSA) is 12.9 Å². The zero-order valence-electron chi connectivity index (χ0n) is 7.68. The molecule has 0 fully saturated rings. The molecule has 0 aliphatic carbocycles. The molecule has 1 heteroatoms. The van der Waals surface area contributed by atoms with Crippen LogP contribution >= 0.6 is 0 Å². The maximum atomic E-state index is 7.70. The fourth-order valence-electron chi connectivity index (χ4n) is 0.764. The van der Waals surface area contributed by atoms with E-state index < -0.39 is 5.89 Å². The molecule has 1 aromatic heterocycles. The van der Waals surface area contributed by atoms with E-state index in [1.807, 2.05) is 32.9 Å². The monoisotopic (exact) mass is 136 g/mol. The second-order valence-electron chi connectivity index (χ2n) is 2.69. The molecule has 0 saturated heterocycles. The van der Waals surface area contributed by atoms with E-state index in [2.05, 4.69) is 4.98 Å². The van der Waals surface area contributed by atoms with Gasteiger partial charge in [0.25, 0.3) is 0 Å². The second kappa shape index (κ2) is 2.82. The molecule has 0 radical (unpaired) electrons. The quantitative estimate of drug-likeness (QED) is 0.578. The molecule has 1 heterocycles. The molecule has 0 unspecified atom stereocenters. The highest BCUT2D eigenvalue weighted by molar-refractivity contribution is 5.15. The van der Waals surface area contributed by atoms with Gasteiger partial charge in [0.1, 0.15) is 0 Å². The van der Waals surface area contributed by atoms with Gasteiger partial charge in [0, 0.05) is 13.3 Å². The van der Waals surface area contributed by atoms with Crippen LogP contribution in [0.1, 0.15) is 32.4 Å². The van der Waals surface area contributed by atoms with E-state index in [1.54, 1.807) is 6.20 Å². The summed E-state index contributed by atoms with van der Waals surface area (Å²) in [6, 6.07) is 3.89. The van der Waals surface area contributed by atoms with E-state index >= 15 is 0 Å². The van der Waals surface area contributed by atoms with Crippen LogP contribution in [0, 0.1) is 6.92 Å². The van der Waals surface area contributed by atoms with Crippen molar-refractivity contribution in [3.05, 3.63) is 29.6 Å². The molecule has 0 saturated carbocycles. The molecule has 1 aromatic rings. The van der Waals surface area contributed by atoms with Crippen molar-refractivity contribution in [3.63, 3.8) is 0 Å². The minimum Gasteiger partial charge on any atom is -0.261 e. The summed E-state index contributed by atoms with van der Waals surface area (Å²) in [5.41, 5.74) is 1.96. The molecule has 10 heavy (non-hydrogen) atoms. The van der Waals surface area contributed by atoms with Crippen LogP contribution in [0.25, 0.3) is 0 Å². The molecule has 0 N–H and O–H groups in total. The molecular weight excluding hydrogens is 122 g/mol. The van der Waals surface area contributed by atoms with Crippen LogP contribution in [0.3, 0.4) is 0 Å². The van der Waals surface area contributed by atoms with E-state index in [-0.39, 0.29) is 0 Å². The molecular formula is C9H13N. The highest BCUT2D eigenvalue weighted by atomic mass is 14.7. The first-order valence-corrected chi connectivity index (χ1v) is 3.43. The Morgan fingerprint density at radius 1 is 1.50 bits per heavy atom. The van der Waals surface area contributed by atoms with Gasteiger partial charge >= 0.3 is 0 Å². The summed E-state index contributed by atoms with van der Waals surface area (Å²) < 4.78 is 7.70. The van der Waals surface area contributed by atoms with Crippen LogP contribution < -0.4 is 0 Å². The van der Waals surface area contributed by atoms with Crippen molar-refractivity contribution in [2.24, 2.45) is 0 Å². The average molecular weight is 136 g/mol. The van der Waals surface area contributed by atoms with E-state index in [9.17, 15) is 0 Å². The highest BCUT2D eigenvalue weighted by Gasteiger charge is 1.96. The molecule has 1 rings (SSSR count). The summed E-state index contributed by atoms with van der Waals surface area (Å²) in [5.74, 6) is -0.527. The number of aromatic nitrogens is 1. The molecule has 0 spiro atoms. The van der Waals surface area contributed by atoms with Crippen LogP contribution in [0.5, 0.6) is 0 Å². The Kier molecular flexibility index (Phi) is 1.67. The van der Waals surface area contributed by atoms with E-state index in [0.29, 0.717) is 0 Å². The predicted molar refractivity (Wildman–Crippen MR) is 43.1 cm³/mol. The first kappa shape index (κ1) is 5.90. The van der Waals surface area contributed by atoms with Crippen molar-refractivity contribution in [2.75, 3.05) is 0 Å². The molecule has 0 bridgehead atoms. The number of rotatable bonds is 1. The lowest BCUT2D eigenvalue weighted by molar-refractivity contribution is 0.855. The molecule has 0 aliphatic rings. The minimum absolute atomic E-state index is 0.527. The Labute approximate surface area is 63.5 Å². The van der Waals surface area contributed by atoms with Gasteiger partial charge in [0.05, 0.1) is 0 Å². The fourth-order valence-corrected chi connectivity index (χ4v) is 0.764. The average Bonchev–Trinajstić information content (AvgIpc) is 1.86. The van der Waals surface area contributed by atoms with Gasteiger partial charge in [-0.05, 0) is 24.4 Å². The molecule has 0 aromatic carbocycles. The minimum atomic E-state index is -0.527. The summed E-state index contributed by atoms with van der Waals surface area (Å²) in [6.07, 6.45) is 1.77. The molecule has 0 aliphatic heterocycles. The Bertz CT molecular complexity index is 233. The summed E-state index contributed by atoms with van der Waals surface area (Å²) in [5, 5.41) is 0. The van der Waals surface area contributed by atoms with Crippen molar-refractivity contribution in [3.8, 4) is 0 Å². The smallest absolute Gasteiger partial charge is 0.0372 e. The van der Waals surface area contributed by atoms with Gasteiger partial charge in [-0.15, -0.1) is 0 Å². The summed E-state index contributed by atoms with van der Waals surface area (Å²) in [4.78, 5) is 4.13. The molecule has 54 valence electrons. The molecule has 0 atom stereocenters. The zero-order chi connectivity index (χ0) is 8.48. The van der Waals surface area contributed by atoms with E-state index in [1.165, 1.54) is 0 Å². The lowest BCUT2D eigenvalue weighted by Crippen LogP contribution is -1.88. The summed E-state index contributed by atoms with van der Waals surface area (Å²) >= 11 is 0. The summed E-state index contributed by atoms with van der Waals surface area (Å²) in [6.45, 7) is 5.67. The van der Waals surface area contributed by atoms with E-state index in [4.69, 9.17) is 1.37 Å². The summed E-state index contributed by atoms with van der Waals surface area (Å²) in [7, 11) is 0. The van der Waals surface area contributed by atoms with Crippen LogP contribution in [0.15, 0.2) is 18.3 Å². The fraction of sp³-hybridized carbons (Fsp3) is 0.444. The van der Waals surface area contributed by atoms with Crippen LogP contribution in [-0.4, -0.2) is 4.98 Å². The third-order valence-corrected chi connectivity index (χ3v) is 1.49. The largest absolute Gasteiger partial charge is 0.261 e. The first-order chi connectivity index (χ1) is 5.00. The Hall–Kier alpha value is -0.850. The third-order valence-electron chi connectivity index (χ3n) is 1.49. The lowest BCUT2D eigenvalue weighted by Gasteiger charge is -2.02. The number of hydrogen-bond donors (Lipinski definition) is 0. The van der Waals surface area contributed by atoms with Crippen LogP contribution in [0.4, 0.5) is 0 Å². The van der Waals surface area contributed by atoms with Gasteiger partial charge in [-0.3, -0.25) is 4.98 Å². The molecule has 1 nitrogen and oxygen atoms in total.